The van der Waals surface area contributed by atoms with Crippen LogP contribution < -0.4 is 0 Å². The standard InChI is InChI=1S/C12H8F6O3/c1-2-21-10(20)9-7(11(13,14)15)3-6(5-19)4-8(9)12(16,17)18/h3-5H,2H2,1H3. The van der Waals surface area contributed by atoms with E-state index in [0.717, 1.165) is 0 Å². The summed E-state index contributed by atoms with van der Waals surface area (Å²) in [5.41, 5.74) is -6.22. The van der Waals surface area contributed by atoms with Gasteiger partial charge in [-0.2, -0.15) is 26.3 Å². The maximum Gasteiger partial charge on any atom is 0.417 e. The van der Waals surface area contributed by atoms with Gasteiger partial charge >= 0.3 is 18.3 Å². The number of carbonyl (C=O) groups is 2. The minimum atomic E-state index is -5.25. The number of hydrogen-bond acceptors (Lipinski definition) is 3. The van der Waals surface area contributed by atoms with Gasteiger partial charge in [0, 0.05) is 5.56 Å². The van der Waals surface area contributed by atoms with Crippen molar-refractivity contribution in [1.82, 2.24) is 0 Å². The minimum absolute atomic E-state index is 0.167. The molecule has 0 aliphatic rings. The highest BCUT2D eigenvalue weighted by Gasteiger charge is 2.44. The molecule has 9 heteroatoms. The Morgan fingerprint density at radius 2 is 1.52 bits per heavy atom. The first kappa shape index (κ1) is 17.0. The van der Waals surface area contributed by atoms with E-state index < -0.39 is 47.2 Å². The molecule has 0 atom stereocenters. The first-order chi connectivity index (χ1) is 9.52. The van der Waals surface area contributed by atoms with Crippen LogP contribution in [-0.2, 0) is 17.1 Å². The van der Waals surface area contributed by atoms with Crippen molar-refractivity contribution in [2.45, 2.75) is 19.3 Å². The van der Waals surface area contributed by atoms with E-state index >= 15 is 0 Å². The molecule has 116 valence electrons. The van der Waals surface area contributed by atoms with Crippen LogP contribution >= 0.6 is 0 Å². The van der Waals surface area contributed by atoms with Crippen molar-refractivity contribution in [3.8, 4) is 0 Å². The molecule has 0 bridgehead atoms. The molecule has 0 amide bonds. The van der Waals surface area contributed by atoms with Crippen LogP contribution in [0.2, 0.25) is 0 Å². The van der Waals surface area contributed by atoms with Crippen LogP contribution in [0.15, 0.2) is 12.1 Å². The molecular formula is C12H8F6O3. The molecule has 0 spiro atoms. The third-order valence-corrected chi connectivity index (χ3v) is 2.39. The summed E-state index contributed by atoms with van der Waals surface area (Å²) >= 11 is 0. The lowest BCUT2D eigenvalue weighted by atomic mass is 9.97. The van der Waals surface area contributed by atoms with Crippen LogP contribution in [0.25, 0.3) is 0 Å². The zero-order valence-electron chi connectivity index (χ0n) is 10.4. The molecule has 0 heterocycles. The van der Waals surface area contributed by atoms with Crippen LogP contribution in [-0.4, -0.2) is 18.9 Å². The molecule has 0 unspecified atom stereocenters. The predicted molar refractivity (Wildman–Crippen MR) is 57.8 cm³/mol. The van der Waals surface area contributed by atoms with E-state index in [2.05, 4.69) is 4.74 Å². The normalized spacial score (nSPS) is 12.1. The van der Waals surface area contributed by atoms with Gasteiger partial charge in [-0.05, 0) is 19.1 Å². The van der Waals surface area contributed by atoms with Gasteiger partial charge in [0.05, 0.1) is 23.3 Å². The highest BCUT2D eigenvalue weighted by molar-refractivity contribution is 5.94. The highest BCUT2D eigenvalue weighted by Crippen LogP contribution is 2.40. The first-order valence-corrected chi connectivity index (χ1v) is 5.47. The first-order valence-electron chi connectivity index (χ1n) is 5.47. The zero-order chi connectivity index (χ0) is 16.4. The zero-order valence-corrected chi connectivity index (χ0v) is 10.4. The summed E-state index contributed by atoms with van der Waals surface area (Å²) in [5.74, 6) is -1.76. The maximum absolute atomic E-state index is 12.8. The lowest BCUT2D eigenvalue weighted by Crippen LogP contribution is -2.22. The largest absolute Gasteiger partial charge is 0.462 e. The molecule has 1 rings (SSSR count). The monoisotopic (exact) mass is 314 g/mol. The number of rotatable bonds is 3. The fraction of sp³-hybridized carbons (Fsp3) is 0.333. The number of halogens is 6. The number of aldehydes is 1. The Kier molecular flexibility index (Phi) is 4.65. The van der Waals surface area contributed by atoms with Crippen molar-refractivity contribution in [3.05, 3.63) is 34.4 Å². The predicted octanol–water partition coefficient (Wildman–Crippen LogP) is 3.71. The molecule has 0 radical (unpaired) electrons. The Labute approximate surface area is 114 Å². The van der Waals surface area contributed by atoms with Gasteiger partial charge in [0.2, 0.25) is 0 Å². The van der Waals surface area contributed by atoms with Crippen molar-refractivity contribution in [2.75, 3.05) is 6.61 Å². The molecular weight excluding hydrogens is 306 g/mol. The van der Waals surface area contributed by atoms with Crippen LogP contribution in [0.3, 0.4) is 0 Å². The molecule has 1 aromatic rings. The summed E-state index contributed by atoms with van der Waals surface area (Å²) in [6, 6.07) is 0.350. The van der Waals surface area contributed by atoms with Crippen LogP contribution in [0, 0.1) is 0 Å². The molecule has 0 fully saturated rings. The lowest BCUT2D eigenvalue weighted by Gasteiger charge is -2.18. The number of benzene rings is 1. The van der Waals surface area contributed by atoms with Crippen molar-refractivity contribution < 1.29 is 40.7 Å². The molecule has 0 saturated heterocycles. The van der Waals surface area contributed by atoms with E-state index in [-0.39, 0.29) is 18.4 Å². The highest BCUT2D eigenvalue weighted by atomic mass is 19.4. The Morgan fingerprint density at radius 1 is 1.10 bits per heavy atom. The van der Waals surface area contributed by atoms with Crippen molar-refractivity contribution in [3.63, 3.8) is 0 Å². The quantitative estimate of drug-likeness (QED) is 0.485. The molecule has 0 saturated carbocycles. The summed E-state index contributed by atoms with van der Waals surface area (Å²) in [4.78, 5) is 22.0. The number of esters is 1. The molecule has 1 aromatic carbocycles. The summed E-state index contributed by atoms with van der Waals surface area (Å²) in [7, 11) is 0. The van der Waals surface area contributed by atoms with Crippen LogP contribution in [0.5, 0.6) is 0 Å². The fourth-order valence-electron chi connectivity index (χ4n) is 1.60. The average Bonchev–Trinajstić information content (AvgIpc) is 2.35. The Hall–Kier alpha value is -2.06. The van der Waals surface area contributed by atoms with Gasteiger partial charge in [-0.3, -0.25) is 4.79 Å². The Balaban J connectivity index is 3.76. The van der Waals surface area contributed by atoms with Gasteiger partial charge in [-0.25, -0.2) is 4.79 Å². The molecule has 0 N–H and O–H groups in total. The maximum atomic E-state index is 12.8. The lowest BCUT2D eigenvalue weighted by molar-refractivity contribution is -0.144. The molecule has 0 aliphatic heterocycles. The van der Waals surface area contributed by atoms with Gasteiger partial charge < -0.3 is 4.74 Å². The van der Waals surface area contributed by atoms with E-state index in [0.29, 0.717) is 0 Å². The van der Waals surface area contributed by atoms with Crippen LogP contribution in [0.1, 0.15) is 38.8 Å². The molecule has 0 aromatic heterocycles. The Morgan fingerprint density at radius 3 is 1.81 bits per heavy atom. The number of alkyl halides is 6. The fourth-order valence-corrected chi connectivity index (χ4v) is 1.60. The molecule has 21 heavy (non-hydrogen) atoms. The second kappa shape index (κ2) is 5.74. The molecule has 3 nitrogen and oxygen atoms in total. The third kappa shape index (κ3) is 3.73. The summed E-state index contributed by atoms with van der Waals surface area (Å²) < 4.78 is 81.3. The minimum Gasteiger partial charge on any atom is -0.462 e. The van der Waals surface area contributed by atoms with Gasteiger partial charge in [-0.1, -0.05) is 0 Å². The average molecular weight is 314 g/mol. The SMILES string of the molecule is CCOC(=O)c1c(C(F)(F)F)cc(C=O)cc1C(F)(F)F. The van der Waals surface area contributed by atoms with Gasteiger partial charge in [0.1, 0.15) is 6.29 Å². The third-order valence-electron chi connectivity index (χ3n) is 2.39. The second-order valence-corrected chi connectivity index (χ2v) is 3.82. The number of hydrogen-bond donors (Lipinski definition) is 0. The number of ether oxygens (including phenoxy) is 1. The van der Waals surface area contributed by atoms with E-state index in [1.165, 1.54) is 6.92 Å². The van der Waals surface area contributed by atoms with Crippen molar-refractivity contribution in [1.29, 1.82) is 0 Å². The van der Waals surface area contributed by atoms with Gasteiger partial charge in [0.25, 0.3) is 0 Å². The summed E-state index contributed by atoms with van der Waals surface area (Å²) in [6.07, 6.45) is -10.7. The second-order valence-electron chi connectivity index (χ2n) is 3.82. The van der Waals surface area contributed by atoms with E-state index in [9.17, 15) is 35.9 Å². The van der Waals surface area contributed by atoms with Crippen LogP contribution in [0.4, 0.5) is 26.3 Å². The van der Waals surface area contributed by atoms with Gasteiger partial charge in [0.15, 0.2) is 0 Å². The Bertz CT molecular complexity index is 524. The van der Waals surface area contributed by atoms with E-state index in [1.54, 1.807) is 0 Å². The van der Waals surface area contributed by atoms with Crippen molar-refractivity contribution >= 4 is 12.3 Å². The topological polar surface area (TPSA) is 43.4 Å². The smallest absolute Gasteiger partial charge is 0.417 e. The van der Waals surface area contributed by atoms with E-state index in [4.69, 9.17) is 0 Å². The summed E-state index contributed by atoms with van der Waals surface area (Å²) in [5, 5.41) is 0. The molecule has 0 aliphatic carbocycles. The number of carbonyl (C=O) groups excluding carboxylic acids is 2. The van der Waals surface area contributed by atoms with Crippen molar-refractivity contribution in [2.24, 2.45) is 0 Å². The van der Waals surface area contributed by atoms with Gasteiger partial charge in [-0.15, -0.1) is 0 Å². The van der Waals surface area contributed by atoms with E-state index in [1.807, 2.05) is 0 Å². The summed E-state index contributed by atoms with van der Waals surface area (Å²) in [6.45, 7) is 0.834.